The monoisotopic (exact) mass is 626 g/mol. The van der Waals surface area contributed by atoms with E-state index in [4.69, 9.17) is 16.6 Å². The van der Waals surface area contributed by atoms with Crippen LogP contribution in [-0.2, 0) is 35.2 Å². The normalized spacial score (nSPS) is 14.3. The molecule has 0 saturated carbocycles. The first-order valence-corrected chi connectivity index (χ1v) is 14.5. The van der Waals surface area contributed by atoms with Gasteiger partial charge >= 0.3 is 5.97 Å². The second kappa shape index (κ2) is 17.5. The van der Waals surface area contributed by atoms with Crippen molar-refractivity contribution in [3.8, 4) is 11.1 Å². The van der Waals surface area contributed by atoms with Crippen LogP contribution >= 0.6 is 0 Å². The fraction of sp³-hybridized carbons (Fsp3) is 0.419. The van der Waals surface area contributed by atoms with Crippen molar-refractivity contribution in [3.63, 3.8) is 0 Å². The molecular formula is C31H42N6O8. The molecule has 0 aliphatic heterocycles. The van der Waals surface area contributed by atoms with E-state index in [2.05, 4.69) is 21.3 Å². The molecule has 2 rings (SSSR count). The number of amides is 5. The molecule has 10 N–H and O–H groups in total. The van der Waals surface area contributed by atoms with Gasteiger partial charge in [0.15, 0.2) is 0 Å². The molecule has 0 aromatic heterocycles. The average Bonchev–Trinajstić information content (AvgIpc) is 2.98. The Morgan fingerprint density at radius 1 is 0.756 bits per heavy atom. The second-order valence-corrected chi connectivity index (χ2v) is 11.0. The SMILES string of the molecule is CC(C)[C@H](NC(=O)[C@H](C)NC(=O)[C@H](CC(N)=O)NC(=O)[C@H](Cc1ccc(-c2ccccc2)cc1)NC(O)CCC(=O)O)C(N)=O. The number of carboxylic acids is 1. The van der Waals surface area contributed by atoms with Crippen LogP contribution in [0, 0.1) is 5.92 Å². The van der Waals surface area contributed by atoms with E-state index in [0.717, 1.165) is 11.1 Å². The zero-order valence-electron chi connectivity index (χ0n) is 25.5. The summed E-state index contributed by atoms with van der Waals surface area (Å²) in [6.45, 7) is 4.70. The van der Waals surface area contributed by atoms with Gasteiger partial charge in [0.1, 0.15) is 24.4 Å². The number of aliphatic hydroxyl groups excluding tert-OH is 1. The fourth-order valence-corrected chi connectivity index (χ4v) is 4.41. The van der Waals surface area contributed by atoms with Gasteiger partial charge in [-0.05, 0) is 42.4 Å². The maximum Gasteiger partial charge on any atom is 0.303 e. The smallest absolute Gasteiger partial charge is 0.303 e. The van der Waals surface area contributed by atoms with Crippen molar-refractivity contribution >= 4 is 35.5 Å². The highest BCUT2D eigenvalue weighted by Crippen LogP contribution is 2.20. The number of nitrogens with one attached hydrogen (secondary N) is 4. The van der Waals surface area contributed by atoms with Crippen LogP contribution in [0.5, 0.6) is 0 Å². The van der Waals surface area contributed by atoms with Crippen LogP contribution in [0.1, 0.15) is 45.6 Å². The molecule has 1 unspecified atom stereocenters. The first-order valence-electron chi connectivity index (χ1n) is 14.5. The van der Waals surface area contributed by atoms with E-state index in [1.165, 1.54) is 6.92 Å². The number of benzene rings is 2. The lowest BCUT2D eigenvalue weighted by Gasteiger charge is -2.26. The molecule has 0 saturated heterocycles. The van der Waals surface area contributed by atoms with E-state index in [1.54, 1.807) is 26.0 Å². The van der Waals surface area contributed by atoms with Crippen molar-refractivity contribution in [1.29, 1.82) is 0 Å². The van der Waals surface area contributed by atoms with Crippen LogP contribution in [0.2, 0.25) is 0 Å². The molecule has 2 aromatic carbocycles. The van der Waals surface area contributed by atoms with E-state index < -0.39 is 72.3 Å². The zero-order chi connectivity index (χ0) is 33.7. The number of carboxylic acid groups (broad SMARTS) is 1. The summed E-state index contributed by atoms with van der Waals surface area (Å²) in [7, 11) is 0. The third-order valence-corrected chi connectivity index (χ3v) is 6.90. The highest BCUT2D eigenvalue weighted by Gasteiger charge is 2.31. The number of carbonyl (C=O) groups is 6. The minimum Gasteiger partial charge on any atom is -0.481 e. The van der Waals surface area contributed by atoms with Crippen LogP contribution in [0.3, 0.4) is 0 Å². The number of aliphatic hydroxyl groups is 1. The predicted octanol–water partition coefficient (Wildman–Crippen LogP) is -0.471. The van der Waals surface area contributed by atoms with Crippen LogP contribution in [0.25, 0.3) is 11.1 Å². The van der Waals surface area contributed by atoms with Gasteiger partial charge in [0.05, 0.1) is 12.5 Å². The highest BCUT2D eigenvalue weighted by atomic mass is 16.4. The number of aliphatic carboxylic acids is 1. The van der Waals surface area contributed by atoms with Crippen molar-refractivity contribution in [3.05, 3.63) is 60.2 Å². The Hall–Kier alpha value is -4.82. The molecule has 0 aliphatic rings. The molecule has 244 valence electrons. The summed E-state index contributed by atoms with van der Waals surface area (Å²) < 4.78 is 0. The molecule has 14 nitrogen and oxygen atoms in total. The van der Waals surface area contributed by atoms with Crippen molar-refractivity contribution in [2.75, 3.05) is 0 Å². The highest BCUT2D eigenvalue weighted by molar-refractivity contribution is 5.96. The third kappa shape index (κ3) is 12.4. The molecule has 5 atom stereocenters. The molecule has 0 radical (unpaired) electrons. The average molecular weight is 627 g/mol. The lowest BCUT2D eigenvalue weighted by molar-refractivity contribution is -0.137. The lowest BCUT2D eigenvalue weighted by Crippen LogP contribution is -2.59. The van der Waals surface area contributed by atoms with Gasteiger partial charge in [0, 0.05) is 6.42 Å². The van der Waals surface area contributed by atoms with E-state index in [0.29, 0.717) is 5.56 Å². The van der Waals surface area contributed by atoms with Gasteiger partial charge in [0.2, 0.25) is 29.5 Å². The Bertz CT molecular complexity index is 1340. The number of primary amides is 2. The van der Waals surface area contributed by atoms with Gasteiger partial charge in [-0.15, -0.1) is 0 Å². The largest absolute Gasteiger partial charge is 0.481 e. The van der Waals surface area contributed by atoms with Crippen molar-refractivity contribution in [2.24, 2.45) is 17.4 Å². The summed E-state index contributed by atoms with van der Waals surface area (Å²) in [6, 6.07) is 12.1. The summed E-state index contributed by atoms with van der Waals surface area (Å²) >= 11 is 0. The fourth-order valence-electron chi connectivity index (χ4n) is 4.41. The van der Waals surface area contributed by atoms with Gasteiger partial charge in [-0.3, -0.25) is 34.1 Å². The van der Waals surface area contributed by atoms with Gasteiger partial charge in [0.25, 0.3) is 0 Å². The third-order valence-electron chi connectivity index (χ3n) is 6.90. The number of nitrogens with two attached hydrogens (primary N) is 2. The molecule has 2 aromatic rings. The Kier molecular flexibility index (Phi) is 14.1. The molecular weight excluding hydrogens is 584 g/mol. The number of carbonyl (C=O) groups excluding carboxylic acids is 5. The standard InChI is InChI=1S/C31H42N6O8/c1-17(2)27(28(33)42)37-29(43)18(3)34-30(44)23(16-24(32)38)36-31(45)22(35-25(39)13-14-26(40)41)15-19-9-11-21(12-10-19)20-7-5-4-6-8-20/h4-12,17-18,22-23,25,27,35,39H,13-16H2,1-3H3,(H2,32,38)(H2,33,42)(H,34,44)(H,36,45)(H,37,43)(H,40,41)/t18-,22-,23-,25?,27-/m0/s1. The Labute approximate surface area is 261 Å². The Morgan fingerprint density at radius 2 is 1.33 bits per heavy atom. The molecule has 0 spiro atoms. The van der Waals surface area contributed by atoms with Crippen LogP contribution in [0.4, 0.5) is 0 Å². The van der Waals surface area contributed by atoms with Gasteiger partial charge in [-0.25, -0.2) is 0 Å². The van der Waals surface area contributed by atoms with E-state index in [-0.39, 0.29) is 25.2 Å². The van der Waals surface area contributed by atoms with Crippen molar-refractivity contribution < 1.29 is 39.0 Å². The number of rotatable bonds is 18. The maximum absolute atomic E-state index is 13.5. The summed E-state index contributed by atoms with van der Waals surface area (Å²) in [5.74, 6) is -5.53. The number of hydrogen-bond donors (Lipinski definition) is 8. The first kappa shape index (κ1) is 36.4. The van der Waals surface area contributed by atoms with Crippen molar-refractivity contribution in [2.45, 2.75) is 76.8 Å². The van der Waals surface area contributed by atoms with Crippen molar-refractivity contribution in [1.82, 2.24) is 21.3 Å². The molecule has 0 heterocycles. The van der Waals surface area contributed by atoms with E-state index in [1.807, 2.05) is 42.5 Å². The molecule has 0 fully saturated rings. The molecule has 0 aliphatic carbocycles. The lowest BCUT2D eigenvalue weighted by atomic mass is 9.99. The van der Waals surface area contributed by atoms with Gasteiger partial charge < -0.3 is 37.6 Å². The van der Waals surface area contributed by atoms with E-state index >= 15 is 0 Å². The molecule has 5 amide bonds. The quantitative estimate of drug-likeness (QED) is 0.0996. The Balaban J connectivity index is 2.22. The minimum absolute atomic E-state index is 0.0263. The summed E-state index contributed by atoms with van der Waals surface area (Å²) in [6.07, 6.45) is -2.53. The Morgan fingerprint density at radius 3 is 1.87 bits per heavy atom. The van der Waals surface area contributed by atoms with Gasteiger partial charge in [-0.1, -0.05) is 68.4 Å². The van der Waals surface area contributed by atoms with E-state index in [9.17, 15) is 33.9 Å². The van der Waals surface area contributed by atoms with Crippen LogP contribution < -0.4 is 32.7 Å². The molecule has 0 bridgehead atoms. The molecule has 14 heteroatoms. The zero-order valence-corrected chi connectivity index (χ0v) is 25.5. The van der Waals surface area contributed by atoms with Crippen LogP contribution in [0.15, 0.2) is 54.6 Å². The number of hydrogen-bond acceptors (Lipinski definition) is 8. The predicted molar refractivity (Wildman–Crippen MR) is 165 cm³/mol. The summed E-state index contributed by atoms with van der Waals surface area (Å²) in [5, 5.41) is 29.4. The topological polar surface area (TPSA) is 243 Å². The summed E-state index contributed by atoms with van der Waals surface area (Å²) in [5.41, 5.74) is 13.3. The second-order valence-electron chi connectivity index (χ2n) is 11.0. The first-order chi connectivity index (χ1) is 21.2. The molecule has 45 heavy (non-hydrogen) atoms. The minimum atomic E-state index is -1.50. The maximum atomic E-state index is 13.5. The van der Waals surface area contributed by atoms with Gasteiger partial charge in [-0.2, -0.15) is 0 Å². The van der Waals surface area contributed by atoms with Crippen LogP contribution in [-0.4, -0.2) is 76.1 Å². The summed E-state index contributed by atoms with van der Waals surface area (Å²) in [4.78, 5) is 73.6.